The van der Waals surface area contributed by atoms with Crippen molar-refractivity contribution in [3.05, 3.63) is 29.3 Å². The third-order valence-electron chi connectivity index (χ3n) is 4.93. The second-order valence-corrected chi connectivity index (χ2v) is 6.81. The number of hydrogen-bond acceptors (Lipinski definition) is 3. The number of nitrogens with one attached hydrogen (secondary N) is 1. The molecule has 2 aliphatic rings. The van der Waals surface area contributed by atoms with Crippen LogP contribution in [0.25, 0.3) is 0 Å². The first kappa shape index (κ1) is 16.3. The number of hydrogen-bond donors (Lipinski definition) is 2. The number of benzene rings is 1. The summed E-state index contributed by atoms with van der Waals surface area (Å²) in [7, 11) is 0. The zero-order chi connectivity index (χ0) is 16.4. The predicted octanol–water partition coefficient (Wildman–Crippen LogP) is 1.94. The minimum Gasteiger partial charge on any atom is -0.353 e. The van der Waals surface area contributed by atoms with Crippen LogP contribution in [0.2, 0.25) is 5.02 Å². The van der Waals surface area contributed by atoms with Crippen molar-refractivity contribution in [3.8, 4) is 0 Å². The van der Waals surface area contributed by atoms with E-state index in [1.165, 1.54) is 0 Å². The van der Waals surface area contributed by atoms with Crippen LogP contribution in [-0.2, 0) is 9.59 Å². The molecule has 1 aliphatic heterocycles. The van der Waals surface area contributed by atoms with Crippen molar-refractivity contribution in [3.63, 3.8) is 0 Å². The summed E-state index contributed by atoms with van der Waals surface area (Å²) in [5.41, 5.74) is 6.44. The number of anilines is 1. The van der Waals surface area contributed by atoms with E-state index in [-0.39, 0.29) is 30.2 Å². The maximum absolute atomic E-state index is 12.5. The van der Waals surface area contributed by atoms with E-state index in [9.17, 15) is 9.59 Å². The Balaban J connectivity index is 1.65. The van der Waals surface area contributed by atoms with E-state index in [1.807, 2.05) is 18.2 Å². The Hall–Kier alpha value is -1.59. The van der Waals surface area contributed by atoms with Gasteiger partial charge < -0.3 is 16.0 Å². The number of para-hydroxylation sites is 1. The number of carbonyl (C=O) groups excluding carboxylic acids is 2. The highest BCUT2D eigenvalue weighted by Gasteiger charge is 2.37. The fourth-order valence-corrected chi connectivity index (χ4v) is 3.83. The molecule has 0 radical (unpaired) electrons. The first-order valence-corrected chi connectivity index (χ1v) is 8.53. The first-order valence-electron chi connectivity index (χ1n) is 8.15. The van der Waals surface area contributed by atoms with Crippen LogP contribution >= 0.6 is 11.6 Å². The number of rotatable bonds is 4. The molecular weight excluding hydrogens is 314 g/mol. The molecule has 1 aliphatic carbocycles. The van der Waals surface area contributed by atoms with Crippen molar-refractivity contribution in [1.29, 1.82) is 0 Å². The zero-order valence-electron chi connectivity index (χ0n) is 13.0. The van der Waals surface area contributed by atoms with Crippen molar-refractivity contribution in [2.24, 2.45) is 17.6 Å². The lowest BCUT2D eigenvalue weighted by Crippen LogP contribution is -2.43. The Morgan fingerprint density at radius 1 is 1.35 bits per heavy atom. The number of nitrogens with zero attached hydrogens (tertiary/aromatic N) is 1. The average molecular weight is 336 g/mol. The summed E-state index contributed by atoms with van der Waals surface area (Å²) in [4.78, 5) is 26.4. The fourth-order valence-electron chi connectivity index (χ4n) is 3.60. The second-order valence-electron chi connectivity index (χ2n) is 6.40. The molecule has 23 heavy (non-hydrogen) atoms. The van der Waals surface area contributed by atoms with Gasteiger partial charge in [-0.15, -0.1) is 0 Å². The topological polar surface area (TPSA) is 75.4 Å². The lowest BCUT2D eigenvalue weighted by molar-refractivity contribution is -0.127. The molecule has 0 aromatic heterocycles. The van der Waals surface area contributed by atoms with Crippen LogP contribution in [0.15, 0.2) is 24.3 Å². The molecule has 124 valence electrons. The van der Waals surface area contributed by atoms with Crippen molar-refractivity contribution in [1.82, 2.24) is 5.32 Å². The van der Waals surface area contributed by atoms with Gasteiger partial charge in [0.1, 0.15) is 0 Å². The molecule has 1 saturated heterocycles. The third-order valence-corrected chi connectivity index (χ3v) is 5.25. The Labute approximate surface area is 141 Å². The van der Waals surface area contributed by atoms with Crippen LogP contribution in [-0.4, -0.2) is 30.9 Å². The lowest BCUT2D eigenvalue weighted by atomic mass is 10.0. The smallest absolute Gasteiger partial charge is 0.227 e. The standard InChI is InChI=1S/C17H22ClN3O2/c18-13-5-1-2-7-15(13)21-10-12(8-16(21)22)17(23)20-14-6-3-4-11(14)9-19/h1-2,5,7,11-12,14H,3-4,6,8-10,19H2,(H,20,23)/t11-,12-,14+/m0/s1. The van der Waals surface area contributed by atoms with E-state index in [0.29, 0.717) is 29.7 Å². The molecule has 0 unspecified atom stereocenters. The van der Waals surface area contributed by atoms with Gasteiger partial charge in [0.2, 0.25) is 11.8 Å². The highest BCUT2D eigenvalue weighted by Crippen LogP contribution is 2.31. The average Bonchev–Trinajstić information content (AvgIpc) is 3.14. The predicted molar refractivity (Wildman–Crippen MR) is 90.2 cm³/mol. The van der Waals surface area contributed by atoms with Gasteiger partial charge in [0.25, 0.3) is 0 Å². The van der Waals surface area contributed by atoms with Gasteiger partial charge >= 0.3 is 0 Å². The molecule has 3 N–H and O–H groups in total. The molecule has 6 heteroatoms. The summed E-state index contributed by atoms with van der Waals surface area (Å²) in [6.07, 6.45) is 3.37. The van der Waals surface area contributed by atoms with Crippen LogP contribution in [0.5, 0.6) is 0 Å². The minimum atomic E-state index is -0.321. The maximum atomic E-state index is 12.5. The summed E-state index contributed by atoms with van der Waals surface area (Å²) >= 11 is 6.16. The lowest BCUT2D eigenvalue weighted by Gasteiger charge is -2.22. The fraction of sp³-hybridized carbons (Fsp3) is 0.529. The molecule has 0 spiro atoms. The van der Waals surface area contributed by atoms with Gasteiger partial charge in [-0.1, -0.05) is 30.2 Å². The third kappa shape index (κ3) is 3.35. The van der Waals surface area contributed by atoms with E-state index in [0.717, 1.165) is 19.3 Å². The molecule has 1 saturated carbocycles. The zero-order valence-corrected chi connectivity index (χ0v) is 13.8. The molecule has 0 bridgehead atoms. The number of carbonyl (C=O) groups is 2. The first-order chi connectivity index (χ1) is 11.1. The van der Waals surface area contributed by atoms with E-state index >= 15 is 0 Å². The quantitative estimate of drug-likeness (QED) is 0.883. The van der Waals surface area contributed by atoms with Gasteiger partial charge in [0, 0.05) is 19.0 Å². The van der Waals surface area contributed by atoms with Crippen molar-refractivity contribution < 1.29 is 9.59 Å². The number of nitrogens with two attached hydrogens (primary N) is 1. The molecule has 2 fully saturated rings. The number of amides is 2. The van der Waals surface area contributed by atoms with E-state index < -0.39 is 0 Å². The molecule has 3 rings (SSSR count). The van der Waals surface area contributed by atoms with Gasteiger partial charge in [0.15, 0.2) is 0 Å². The minimum absolute atomic E-state index is 0.0433. The van der Waals surface area contributed by atoms with Crippen molar-refractivity contribution in [2.45, 2.75) is 31.7 Å². The van der Waals surface area contributed by atoms with Crippen LogP contribution < -0.4 is 16.0 Å². The highest BCUT2D eigenvalue weighted by molar-refractivity contribution is 6.33. The van der Waals surface area contributed by atoms with Crippen molar-refractivity contribution >= 4 is 29.1 Å². The molecule has 1 heterocycles. The Morgan fingerprint density at radius 3 is 2.87 bits per heavy atom. The molecule has 1 aromatic carbocycles. The monoisotopic (exact) mass is 335 g/mol. The Bertz CT molecular complexity index is 607. The molecule has 1 aromatic rings. The normalized spacial score (nSPS) is 27.5. The van der Waals surface area contributed by atoms with Crippen LogP contribution in [0.4, 0.5) is 5.69 Å². The Kier molecular flexibility index (Phi) is 4.87. The van der Waals surface area contributed by atoms with Crippen molar-refractivity contribution in [2.75, 3.05) is 18.0 Å². The van der Waals surface area contributed by atoms with Crippen LogP contribution in [0.3, 0.4) is 0 Å². The van der Waals surface area contributed by atoms with E-state index in [1.54, 1.807) is 11.0 Å². The van der Waals surface area contributed by atoms with Gasteiger partial charge in [-0.05, 0) is 37.4 Å². The van der Waals surface area contributed by atoms with Gasteiger partial charge in [-0.2, -0.15) is 0 Å². The van der Waals surface area contributed by atoms with Gasteiger partial charge in [-0.3, -0.25) is 9.59 Å². The molecule has 2 amide bonds. The summed E-state index contributed by atoms with van der Waals surface area (Å²) in [6.45, 7) is 0.981. The number of halogens is 1. The molecular formula is C17H22ClN3O2. The summed E-state index contributed by atoms with van der Waals surface area (Å²) < 4.78 is 0. The van der Waals surface area contributed by atoms with Gasteiger partial charge in [-0.25, -0.2) is 0 Å². The van der Waals surface area contributed by atoms with E-state index in [2.05, 4.69) is 5.32 Å². The molecule has 5 nitrogen and oxygen atoms in total. The molecule has 3 atom stereocenters. The Morgan fingerprint density at radius 2 is 2.13 bits per heavy atom. The maximum Gasteiger partial charge on any atom is 0.227 e. The van der Waals surface area contributed by atoms with Crippen LogP contribution in [0, 0.1) is 11.8 Å². The second kappa shape index (κ2) is 6.89. The largest absolute Gasteiger partial charge is 0.353 e. The van der Waals surface area contributed by atoms with Crippen LogP contribution in [0.1, 0.15) is 25.7 Å². The van der Waals surface area contributed by atoms with E-state index in [4.69, 9.17) is 17.3 Å². The highest BCUT2D eigenvalue weighted by atomic mass is 35.5. The SMILES string of the molecule is NC[C@@H]1CCC[C@H]1NC(=O)[C@H]1CC(=O)N(c2ccccc2Cl)C1. The summed E-state index contributed by atoms with van der Waals surface area (Å²) in [5.74, 6) is -0.0631. The summed E-state index contributed by atoms with van der Waals surface area (Å²) in [5, 5.41) is 3.63. The van der Waals surface area contributed by atoms with Gasteiger partial charge in [0.05, 0.1) is 16.6 Å². The summed E-state index contributed by atoms with van der Waals surface area (Å²) in [6, 6.07) is 7.37.